The number of piperidine rings is 1. The van der Waals surface area contributed by atoms with E-state index in [4.69, 9.17) is 5.73 Å². The van der Waals surface area contributed by atoms with Crippen LogP contribution in [-0.4, -0.2) is 44.3 Å². The smallest absolute Gasteiger partial charge is 0.238 e. The minimum Gasteiger partial charge on any atom is -0.369 e. The van der Waals surface area contributed by atoms with Gasteiger partial charge in [-0.1, -0.05) is 0 Å². The van der Waals surface area contributed by atoms with E-state index in [1.807, 2.05) is 29.4 Å². The summed E-state index contributed by atoms with van der Waals surface area (Å²) in [6.07, 6.45) is 10.4. The summed E-state index contributed by atoms with van der Waals surface area (Å²) in [5.74, 6) is 0.585. The second-order valence-corrected chi connectivity index (χ2v) is 7.31. The van der Waals surface area contributed by atoms with Crippen molar-refractivity contribution in [2.75, 3.05) is 13.1 Å². The van der Waals surface area contributed by atoms with Gasteiger partial charge in [0.2, 0.25) is 11.8 Å². The zero-order valence-electron chi connectivity index (χ0n) is 14.7. The molecule has 2 aromatic heterocycles. The maximum atomic E-state index is 12.8. The number of amides is 2. The molecule has 1 atom stereocenters. The molecule has 1 saturated heterocycles. The third kappa shape index (κ3) is 2.98. The molecule has 2 aromatic rings. The molecule has 1 saturated carbocycles. The first kappa shape index (κ1) is 16.8. The van der Waals surface area contributed by atoms with Crippen molar-refractivity contribution in [2.24, 2.45) is 11.1 Å². The van der Waals surface area contributed by atoms with Crippen molar-refractivity contribution in [2.45, 2.75) is 38.1 Å². The Morgan fingerprint density at radius 2 is 2.00 bits per heavy atom. The molecule has 3 heterocycles. The second-order valence-electron chi connectivity index (χ2n) is 7.31. The monoisotopic (exact) mass is 353 g/mol. The van der Waals surface area contributed by atoms with Crippen molar-refractivity contribution in [3.63, 3.8) is 0 Å². The Bertz CT molecular complexity index is 812. The fourth-order valence-corrected chi connectivity index (χ4v) is 3.86. The number of imidazole rings is 1. The Kier molecular flexibility index (Phi) is 4.22. The number of rotatable bonds is 5. The van der Waals surface area contributed by atoms with Gasteiger partial charge in [0, 0.05) is 50.3 Å². The van der Waals surface area contributed by atoms with Crippen molar-refractivity contribution < 1.29 is 9.59 Å². The highest BCUT2D eigenvalue weighted by atomic mass is 16.2. The predicted molar refractivity (Wildman–Crippen MR) is 95.0 cm³/mol. The Labute approximate surface area is 152 Å². The number of carbonyl (C=O) groups excluding carboxylic acids is 2. The van der Waals surface area contributed by atoms with Gasteiger partial charge in [-0.25, -0.2) is 4.98 Å². The van der Waals surface area contributed by atoms with Crippen LogP contribution in [-0.2, 0) is 16.1 Å². The van der Waals surface area contributed by atoms with Crippen LogP contribution in [0.2, 0.25) is 0 Å². The maximum Gasteiger partial charge on any atom is 0.238 e. The molecule has 2 N–H and O–H groups in total. The summed E-state index contributed by atoms with van der Waals surface area (Å²) in [7, 11) is 0. The molecule has 4 rings (SSSR count). The summed E-state index contributed by atoms with van der Waals surface area (Å²) < 4.78 is 2.13. The largest absolute Gasteiger partial charge is 0.369 e. The van der Waals surface area contributed by atoms with E-state index in [1.165, 1.54) is 0 Å². The van der Waals surface area contributed by atoms with E-state index in [9.17, 15) is 9.59 Å². The predicted octanol–water partition coefficient (Wildman–Crippen LogP) is 1.30. The van der Waals surface area contributed by atoms with Crippen LogP contribution >= 0.6 is 0 Å². The van der Waals surface area contributed by atoms with Gasteiger partial charge in [-0.2, -0.15) is 0 Å². The van der Waals surface area contributed by atoms with Gasteiger partial charge < -0.3 is 15.2 Å². The lowest BCUT2D eigenvalue weighted by atomic mass is 9.94. The van der Waals surface area contributed by atoms with Crippen molar-refractivity contribution in [3.05, 3.63) is 48.3 Å². The molecule has 0 unspecified atom stereocenters. The van der Waals surface area contributed by atoms with Crippen LogP contribution in [0, 0.1) is 5.41 Å². The molecular weight excluding hydrogens is 330 g/mol. The van der Waals surface area contributed by atoms with Crippen LogP contribution in [0.25, 0.3) is 0 Å². The highest BCUT2D eigenvalue weighted by Gasteiger charge is 2.57. The lowest BCUT2D eigenvalue weighted by Crippen LogP contribution is -2.47. The third-order valence-electron chi connectivity index (χ3n) is 5.55. The molecule has 7 heteroatoms. The molecular formula is C19H23N5O2. The lowest BCUT2D eigenvalue weighted by molar-refractivity contribution is -0.144. The fraction of sp³-hybridized carbons (Fsp3) is 0.474. The van der Waals surface area contributed by atoms with Crippen LogP contribution in [0.5, 0.6) is 0 Å². The molecule has 136 valence electrons. The average molecular weight is 353 g/mol. The maximum absolute atomic E-state index is 12.8. The summed E-state index contributed by atoms with van der Waals surface area (Å²) >= 11 is 0. The SMILES string of the molecule is NC(=O)C1(C(=O)N2CCC[C@@H](c3nccn3Cc3ccncc3)C2)CC1. The van der Waals surface area contributed by atoms with Gasteiger partial charge in [-0.05, 0) is 43.4 Å². The zero-order valence-corrected chi connectivity index (χ0v) is 14.7. The molecule has 2 aliphatic rings. The highest BCUT2D eigenvalue weighted by Crippen LogP contribution is 2.47. The fourth-order valence-electron chi connectivity index (χ4n) is 3.86. The van der Waals surface area contributed by atoms with E-state index < -0.39 is 11.3 Å². The van der Waals surface area contributed by atoms with Gasteiger partial charge in [-0.3, -0.25) is 14.6 Å². The average Bonchev–Trinajstić information content (AvgIpc) is 3.36. The number of hydrogen-bond donors (Lipinski definition) is 1. The van der Waals surface area contributed by atoms with Crippen molar-refractivity contribution >= 4 is 11.8 Å². The third-order valence-corrected chi connectivity index (χ3v) is 5.55. The van der Waals surface area contributed by atoms with Crippen LogP contribution in [0.4, 0.5) is 0 Å². The first-order valence-corrected chi connectivity index (χ1v) is 9.09. The minimum atomic E-state index is -0.936. The number of carbonyl (C=O) groups is 2. The van der Waals surface area contributed by atoms with E-state index >= 15 is 0 Å². The minimum absolute atomic E-state index is 0.0954. The molecule has 2 fully saturated rings. The number of nitrogens with two attached hydrogens (primary N) is 1. The van der Waals surface area contributed by atoms with E-state index in [-0.39, 0.29) is 11.8 Å². The molecule has 2 amide bonds. The molecule has 0 spiro atoms. The van der Waals surface area contributed by atoms with Crippen LogP contribution in [0.15, 0.2) is 36.9 Å². The summed E-state index contributed by atoms with van der Waals surface area (Å²) in [6, 6.07) is 3.98. The molecule has 26 heavy (non-hydrogen) atoms. The van der Waals surface area contributed by atoms with Crippen molar-refractivity contribution in [1.29, 1.82) is 0 Å². The van der Waals surface area contributed by atoms with Gasteiger partial charge in [0.1, 0.15) is 11.2 Å². The van der Waals surface area contributed by atoms with Gasteiger partial charge in [0.15, 0.2) is 0 Å². The topological polar surface area (TPSA) is 94.1 Å². The first-order chi connectivity index (χ1) is 12.6. The summed E-state index contributed by atoms with van der Waals surface area (Å²) in [4.78, 5) is 34.9. The number of pyridine rings is 1. The lowest BCUT2D eigenvalue weighted by Gasteiger charge is -2.34. The molecule has 1 aliphatic heterocycles. The number of likely N-dealkylation sites (tertiary alicyclic amines) is 1. The zero-order chi connectivity index (χ0) is 18.1. The number of primary amides is 1. The van der Waals surface area contributed by atoms with E-state index in [2.05, 4.69) is 14.5 Å². The van der Waals surface area contributed by atoms with E-state index in [1.54, 1.807) is 12.4 Å². The van der Waals surface area contributed by atoms with Gasteiger partial charge in [-0.15, -0.1) is 0 Å². The summed E-state index contributed by atoms with van der Waals surface area (Å²) in [6.45, 7) is 2.02. The quantitative estimate of drug-likeness (QED) is 0.820. The van der Waals surface area contributed by atoms with Gasteiger partial charge in [0.05, 0.1) is 0 Å². The number of hydrogen-bond acceptors (Lipinski definition) is 4. The first-order valence-electron chi connectivity index (χ1n) is 9.09. The van der Waals surface area contributed by atoms with Crippen molar-refractivity contribution in [1.82, 2.24) is 19.4 Å². The number of aromatic nitrogens is 3. The van der Waals surface area contributed by atoms with Gasteiger partial charge in [0.25, 0.3) is 0 Å². The second kappa shape index (κ2) is 6.55. The summed E-state index contributed by atoms with van der Waals surface area (Å²) in [5, 5.41) is 0. The highest BCUT2D eigenvalue weighted by molar-refractivity contribution is 6.07. The standard InChI is InChI=1S/C19H23N5O2/c20-17(25)19(5-6-19)18(26)24-10-1-2-15(13-24)16-22-9-11-23(16)12-14-3-7-21-8-4-14/h3-4,7-9,11,15H,1-2,5-6,10,12-13H2,(H2,20,25)/t15-/m1/s1. The normalized spacial score (nSPS) is 21.4. The molecule has 0 radical (unpaired) electrons. The molecule has 7 nitrogen and oxygen atoms in total. The van der Waals surface area contributed by atoms with Gasteiger partial charge >= 0.3 is 0 Å². The molecule has 0 aromatic carbocycles. The van der Waals surface area contributed by atoms with E-state index in [0.717, 1.165) is 30.8 Å². The van der Waals surface area contributed by atoms with Crippen LogP contribution < -0.4 is 5.73 Å². The van der Waals surface area contributed by atoms with Crippen LogP contribution in [0.1, 0.15) is 43.0 Å². The van der Waals surface area contributed by atoms with Crippen LogP contribution in [0.3, 0.4) is 0 Å². The Morgan fingerprint density at radius 1 is 1.23 bits per heavy atom. The van der Waals surface area contributed by atoms with Crippen molar-refractivity contribution in [3.8, 4) is 0 Å². The Morgan fingerprint density at radius 3 is 2.69 bits per heavy atom. The molecule has 0 bridgehead atoms. The van der Waals surface area contributed by atoms with E-state index in [0.29, 0.717) is 25.9 Å². The molecule has 1 aliphatic carbocycles. The Balaban J connectivity index is 1.50. The summed E-state index contributed by atoms with van der Waals surface area (Å²) in [5.41, 5.74) is 5.70. The Hall–Kier alpha value is -2.70. The number of nitrogens with zero attached hydrogens (tertiary/aromatic N) is 4.